The maximum atomic E-state index is 5.16. The first-order chi connectivity index (χ1) is 10.8. The second kappa shape index (κ2) is 6.65. The SMILES string of the molecule is COc1ccnc(N2CC[C@H](N(C)Cc3ncccn3)C2)n1. The number of likely N-dealkylation sites (N-methyl/N-ethyl adjacent to an activating group) is 1. The highest BCUT2D eigenvalue weighted by molar-refractivity contribution is 5.34. The largest absolute Gasteiger partial charge is 0.481 e. The summed E-state index contributed by atoms with van der Waals surface area (Å²) in [6.07, 6.45) is 6.36. The summed E-state index contributed by atoms with van der Waals surface area (Å²) < 4.78 is 5.16. The van der Waals surface area contributed by atoms with Gasteiger partial charge in [0.25, 0.3) is 0 Å². The molecule has 0 saturated carbocycles. The molecule has 0 bridgehead atoms. The molecule has 116 valence electrons. The molecule has 1 saturated heterocycles. The van der Waals surface area contributed by atoms with Gasteiger partial charge in [-0.2, -0.15) is 4.98 Å². The Balaban J connectivity index is 1.61. The molecule has 0 aliphatic carbocycles. The Labute approximate surface area is 130 Å². The zero-order valence-corrected chi connectivity index (χ0v) is 12.9. The third kappa shape index (κ3) is 3.30. The minimum atomic E-state index is 0.443. The zero-order chi connectivity index (χ0) is 15.4. The highest BCUT2D eigenvalue weighted by Gasteiger charge is 2.27. The Morgan fingerprint density at radius 2 is 2.09 bits per heavy atom. The quantitative estimate of drug-likeness (QED) is 0.815. The first-order valence-corrected chi connectivity index (χ1v) is 7.34. The van der Waals surface area contributed by atoms with Gasteiger partial charge in [0.2, 0.25) is 11.8 Å². The molecular weight excluding hydrogens is 280 g/mol. The fraction of sp³-hybridized carbons (Fsp3) is 0.467. The Morgan fingerprint density at radius 1 is 1.27 bits per heavy atom. The lowest BCUT2D eigenvalue weighted by atomic mass is 10.2. The van der Waals surface area contributed by atoms with Crippen molar-refractivity contribution < 1.29 is 4.74 Å². The van der Waals surface area contributed by atoms with Gasteiger partial charge in [-0.25, -0.2) is 15.0 Å². The first kappa shape index (κ1) is 14.6. The van der Waals surface area contributed by atoms with E-state index >= 15 is 0 Å². The zero-order valence-electron chi connectivity index (χ0n) is 12.9. The van der Waals surface area contributed by atoms with Crippen molar-refractivity contribution in [1.82, 2.24) is 24.8 Å². The molecular formula is C15H20N6O. The van der Waals surface area contributed by atoms with E-state index < -0.39 is 0 Å². The molecule has 0 radical (unpaired) electrons. The van der Waals surface area contributed by atoms with E-state index in [0.717, 1.165) is 37.8 Å². The van der Waals surface area contributed by atoms with E-state index in [9.17, 15) is 0 Å². The minimum Gasteiger partial charge on any atom is -0.481 e. The van der Waals surface area contributed by atoms with E-state index in [1.165, 1.54) is 0 Å². The van der Waals surface area contributed by atoms with E-state index in [-0.39, 0.29) is 0 Å². The smallest absolute Gasteiger partial charge is 0.228 e. The molecule has 1 atom stereocenters. The lowest BCUT2D eigenvalue weighted by Gasteiger charge is -2.23. The van der Waals surface area contributed by atoms with E-state index in [1.807, 2.05) is 6.07 Å². The molecule has 22 heavy (non-hydrogen) atoms. The van der Waals surface area contributed by atoms with E-state index in [1.54, 1.807) is 31.8 Å². The maximum absolute atomic E-state index is 5.16. The molecule has 0 aromatic carbocycles. The summed E-state index contributed by atoms with van der Waals surface area (Å²) in [6, 6.07) is 4.04. The fourth-order valence-electron chi connectivity index (χ4n) is 2.65. The second-order valence-corrected chi connectivity index (χ2v) is 5.37. The molecule has 0 N–H and O–H groups in total. The van der Waals surface area contributed by atoms with Gasteiger partial charge in [0.05, 0.1) is 13.7 Å². The molecule has 7 nitrogen and oxygen atoms in total. The minimum absolute atomic E-state index is 0.443. The number of methoxy groups -OCH3 is 1. The average molecular weight is 300 g/mol. The van der Waals surface area contributed by atoms with Crippen LogP contribution in [0, 0.1) is 0 Å². The van der Waals surface area contributed by atoms with Crippen molar-refractivity contribution in [3.63, 3.8) is 0 Å². The molecule has 2 aromatic rings. The van der Waals surface area contributed by atoms with E-state index in [0.29, 0.717) is 11.9 Å². The Kier molecular flexibility index (Phi) is 4.43. The fourth-order valence-corrected chi connectivity index (χ4v) is 2.65. The molecule has 0 spiro atoms. The second-order valence-electron chi connectivity index (χ2n) is 5.37. The molecule has 3 rings (SSSR count). The summed E-state index contributed by atoms with van der Waals surface area (Å²) in [5.74, 6) is 2.17. The van der Waals surface area contributed by atoms with Crippen LogP contribution < -0.4 is 9.64 Å². The van der Waals surface area contributed by atoms with Crippen molar-refractivity contribution in [1.29, 1.82) is 0 Å². The lowest BCUT2D eigenvalue weighted by molar-refractivity contribution is 0.244. The van der Waals surface area contributed by atoms with Gasteiger partial charge in [-0.1, -0.05) is 0 Å². The van der Waals surface area contributed by atoms with Gasteiger partial charge in [-0.3, -0.25) is 4.90 Å². The van der Waals surface area contributed by atoms with Crippen molar-refractivity contribution in [3.05, 3.63) is 36.5 Å². The van der Waals surface area contributed by atoms with E-state index in [2.05, 4.69) is 36.8 Å². The van der Waals surface area contributed by atoms with Gasteiger partial charge in [0.1, 0.15) is 5.82 Å². The lowest BCUT2D eigenvalue weighted by Crippen LogP contribution is -2.35. The predicted octanol–water partition coefficient (Wildman–Crippen LogP) is 0.986. The van der Waals surface area contributed by atoms with Crippen LogP contribution in [-0.2, 0) is 6.54 Å². The van der Waals surface area contributed by atoms with Crippen LogP contribution in [0.15, 0.2) is 30.7 Å². The van der Waals surface area contributed by atoms with Crippen LogP contribution in [0.1, 0.15) is 12.2 Å². The standard InChI is InChI=1S/C15H20N6O/c1-20(11-13-16-6-3-7-17-13)12-5-9-21(10-12)15-18-8-4-14(19-15)22-2/h3-4,6-8,12H,5,9-11H2,1-2H3/t12-/m0/s1. The van der Waals surface area contributed by atoms with Gasteiger partial charge in [-0.05, 0) is 19.5 Å². The van der Waals surface area contributed by atoms with Gasteiger partial charge < -0.3 is 9.64 Å². The van der Waals surface area contributed by atoms with Gasteiger partial charge in [0, 0.05) is 43.8 Å². The summed E-state index contributed by atoms with van der Waals surface area (Å²) in [6.45, 7) is 2.59. The highest BCUT2D eigenvalue weighted by atomic mass is 16.5. The van der Waals surface area contributed by atoms with Crippen LogP contribution >= 0.6 is 0 Å². The van der Waals surface area contributed by atoms with Crippen molar-refractivity contribution >= 4 is 5.95 Å². The monoisotopic (exact) mass is 300 g/mol. The maximum Gasteiger partial charge on any atom is 0.228 e. The Morgan fingerprint density at radius 3 is 2.86 bits per heavy atom. The number of hydrogen-bond donors (Lipinski definition) is 0. The van der Waals surface area contributed by atoms with Crippen LogP contribution in [-0.4, -0.2) is 58.1 Å². The summed E-state index contributed by atoms with van der Waals surface area (Å²) >= 11 is 0. The number of ether oxygens (including phenoxy) is 1. The molecule has 1 aliphatic rings. The van der Waals surface area contributed by atoms with Crippen LogP contribution in [0.5, 0.6) is 5.88 Å². The number of rotatable bonds is 5. The molecule has 0 amide bonds. The molecule has 1 fully saturated rings. The summed E-state index contributed by atoms with van der Waals surface area (Å²) in [5.41, 5.74) is 0. The number of nitrogens with zero attached hydrogens (tertiary/aromatic N) is 6. The molecule has 0 unspecified atom stereocenters. The number of anilines is 1. The van der Waals surface area contributed by atoms with Gasteiger partial charge in [-0.15, -0.1) is 0 Å². The number of hydrogen-bond acceptors (Lipinski definition) is 7. The third-order valence-corrected chi connectivity index (χ3v) is 3.91. The molecule has 3 heterocycles. The van der Waals surface area contributed by atoms with Crippen LogP contribution in [0.25, 0.3) is 0 Å². The molecule has 7 heteroatoms. The Bertz CT molecular complexity index is 608. The molecule has 1 aliphatic heterocycles. The highest BCUT2D eigenvalue weighted by Crippen LogP contribution is 2.21. The summed E-state index contributed by atoms with van der Waals surface area (Å²) in [4.78, 5) is 21.8. The predicted molar refractivity (Wildman–Crippen MR) is 82.7 cm³/mol. The summed E-state index contributed by atoms with van der Waals surface area (Å²) in [5, 5.41) is 0. The number of aromatic nitrogens is 4. The van der Waals surface area contributed by atoms with Gasteiger partial charge >= 0.3 is 0 Å². The first-order valence-electron chi connectivity index (χ1n) is 7.34. The third-order valence-electron chi connectivity index (χ3n) is 3.91. The van der Waals surface area contributed by atoms with Crippen molar-refractivity contribution in [2.24, 2.45) is 0 Å². The molecule has 2 aromatic heterocycles. The summed E-state index contributed by atoms with van der Waals surface area (Å²) in [7, 11) is 3.73. The van der Waals surface area contributed by atoms with Crippen LogP contribution in [0.3, 0.4) is 0 Å². The van der Waals surface area contributed by atoms with E-state index in [4.69, 9.17) is 4.74 Å². The van der Waals surface area contributed by atoms with Crippen molar-refractivity contribution in [2.75, 3.05) is 32.1 Å². The van der Waals surface area contributed by atoms with Crippen molar-refractivity contribution in [2.45, 2.75) is 19.0 Å². The normalized spacial score (nSPS) is 18.0. The topological polar surface area (TPSA) is 67.3 Å². The van der Waals surface area contributed by atoms with Crippen LogP contribution in [0.4, 0.5) is 5.95 Å². The Hall–Kier alpha value is -2.28. The average Bonchev–Trinajstić information content (AvgIpc) is 3.06. The van der Waals surface area contributed by atoms with Gasteiger partial charge in [0.15, 0.2) is 0 Å². The van der Waals surface area contributed by atoms with Crippen molar-refractivity contribution in [3.8, 4) is 5.88 Å². The van der Waals surface area contributed by atoms with Crippen LogP contribution in [0.2, 0.25) is 0 Å².